The first-order chi connectivity index (χ1) is 11.2. The molecule has 2 heterocycles. The van der Waals surface area contributed by atoms with E-state index in [1.807, 2.05) is 15.9 Å². The highest BCUT2D eigenvalue weighted by molar-refractivity contribution is 5.85. The highest BCUT2D eigenvalue weighted by Crippen LogP contribution is 2.29. The van der Waals surface area contributed by atoms with Gasteiger partial charge in [0, 0.05) is 39.8 Å². The Morgan fingerprint density at radius 3 is 2.58 bits per heavy atom. The highest BCUT2D eigenvalue weighted by Gasteiger charge is 2.44. The monoisotopic (exact) mass is 357 g/mol. The third-order valence-corrected chi connectivity index (χ3v) is 4.88. The number of amides is 1. The van der Waals surface area contributed by atoms with E-state index in [0.29, 0.717) is 45.0 Å². The van der Waals surface area contributed by atoms with Crippen molar-refractivity contribution in [1.29, 1.82) is 0 Å². The molecule has 1 aromatic carbocycles. The summed E-state index contributed by atoms with van der Waals surface area (Å²) in [5.74, 6) is -0.0411. The first-order valence-electron chi connectivity index (χ1n) is 8.15. The van der Waals surface area contributed by atoms with Crippen LogP contribution in [0.1, 0.15) is 6.42 Å². The average Bonchev–Trinajstić information content (AvgIpc) is 3.05. The Labute approximate surface area is 148 Å². The van der Waals surface area contributed by atoms with Crippen molar-refractivity contribution in [2.75, 3.05) is 57.9 Å². The molecule has 2 aliphatic rings. The molecule has 0 aliphatic carbocycles. The third-order valence-electron chi connectivity index (χ3n) is 4.88. The maximum atomic E-state index is 13.9. The normalized spacial score (nSPS) is 23.9. The van der Waals surface area contributed by atoms with Gasteiger partial charge in [-0.3, -0.25) is 4.79 Å². The molecule has 1 N–H and O–H groups in total. The van der Waals surface area contributed by atoms with Gasteiger partial charge >= 0.3 is 0 Å². The van der Waals surface area contributed by atoms with Gasteiger partial charge in [-0.15, -0.1) is 12.4 Å². The number of nitrogens with zero attached hydrogens (tertiary/aromatic N) is 2. The summed E-state index contributed by atoms with van der Waals surface area (Å²) < 4.78 is 19.2. The fourth-order valence-corrected chi connectivity index (χ4v) is 3.58. The average molecular weight is 358 g/mol. The van der Waals surface area contributed by atoms with Crippen LogP contribution in [0.25, 0.3) is 0 Å². The summed E-state index contributed by atoms with van der Waals surface area (Å²) in [4.78, 5) is 16.9. The summed E-state index contributed by atoms with van der Waals surface area (Å²) in [6, 6.07) is 6.80. The molecule has 0 saturated carbocycles. The molecule has 1 amide bonds. The number of hydrogen-bond acceptors (Lipinski definition) is 4. The number of anilines is 1. The predicted octanol–water partition coefficient (Wildman–Crippen LogP) is 1.52. The largest absolute Gasteiger partial charge is 0.384 e. The van der Waals surface area contributed by atoms with Gasteiger partial charge in [-0.25, -0.2) is 4.39 Å². The number of carbonyl (C=O) groups excluding carboxylic acids is 1. The topological polar surface area (TPSA) is 44.8 Å². The van der Waals surface area contributed by atoms with Crippen LogP contribution in [0.3, 0.4) is 0 Å². The number of piperazine rings is 1. The third kappa shape index (κ3) is 3.66. The van der Waals surface area contributed by atoms with E-state index >= 15 is 0 Å². The number of para-hydroxylation sites is 1. The summed E-state index contributed by atoms with van der Waals surface area (Å²) in [5, 5.41) is 3.27. The number of halogens is 2. The number of methoxy groups -OCH3 is 1. The van der Waals surface area contributed by atoms with Crippen LogP contribution in [0.15, 0.2) is 24.3 Å². The Kier molecular flexibility index (Phi) is 6.43. The molecule has 1 aromatic rings. The molecule has 2 saturated heterocycles. The van der Waals surface area contributed by atoms with Gasteiger partial charge in [0.25, 0.3) is 0 Å². The number of hydrogen-bond donors (Lipinski definition) is 1. The Balaban J connectivity index is 0.00000208. The van der Waals surface area contributed by atoms with E-state index in [4.69, 9.17) is 4.74 Å². The van der Waals surface area contributed by atoms with Gasteiger partial charge in [0.1, 0.15) is 5.82 Å². The Bertz CT molecular complexity index is 559. The zero-order chi connectivity index (χ0) is 16.3. The van der Waals surface area contributed by atoms with E-state index in [9.17, 15) is 9.18 Å². The number of rotatable bonds is 4. The Morgan fingerprint density at radius 1 is 1.29 bits per heavy atom. The van der Waals surface area contributed by atoms with Crippen molar-refractivity contribution in [1.82, 2.24) is 10.2 Å². The van der Waals surface area contributed by atoms with E-state index in [1.165, 1.54) is 6.07 Å². The quantitative estimate of drug-likeness (QED) is 0.887. The van der Waals surface area contributed by atoms with Crippen molar-refractivity contribution in [3.63, 3.8) is 0 Å². The Morgan fingerprint density at radius 2 is 2.00 bits per heavy atom. The first kappa shape index (κ1) is 19.0. The molecule has 1 atom stereocenters. The first-order valence-corrected chi connectivity index (χ1v) is 8.15. The maximum Gasteiger partial charge on any atom is 0.232 e. The lowest BCUT2D eigenvalue weighted by Gasteiger charge is -2.40. The van der Waals surface area contributed by atoms with Crippen LogP contribution >= 0.6 is 12.4 Å². The molecule has 0 aromatic heterocycles. The minimum Gasteiger partial charge on any atom is -0.384 e. The van der Waals surface area contributed by atoms with Crippen LogP contribution in [-0.2, 0) is 9.53 Å². The predicted molar refractivity (Wildman–Crippen MR) is 94.2 cm³/mol. The minimum absolute atomic E-state index is 0. The summed E-state index contributed by atoms with van der Waals surface area (Å²) in [5.41, 5.74) is 0.184. The Hall–Kier alpha value is -1.37. The second-order valence-corrected chi connectivity index (χ2v) is 6.37. The van der Waals surface area contributed by atoms with Gasteiger partial charge in [-0.2, -0.15) is 0 Å². The van der Waals surface area contributed by atoms with Crippen LogP contribution in [0.2, 0.25) is 0 Å². The van der Waals surface area contributed by atoms with E-state index in [0.717, 1.165) is 13.0 Å². The smallest absolute Gasteiger partial charge is 0.232 e. The fraction of sp³-hybridized carbons (Fsp3) is 0.588. The fourth-order valence-electron chi connectivity index (χ4n) is 3.58. The van der Waals surface area contributed by atoms with Crippen LogP contribution in [0, 0.1) is 11.2 Å². The van der Waals surface area contributed by atoms with Gasteiger partial charge in [-0.05, 0) is 25.1 Å². The summed E-state index contributed by atoms with van der Waals surface area (Å²) >= 11 is 0. The summed E-state index contributed by atoms with van der Waals surface area (Å²) in [7, 11) is 1.64. The van der Waals surface area contributed by atoms with Crippen LogP contribution in [0.5, 0.6) is 0 Å². The van der Waals surface area contributed by atoms with Gasteiger partial charge < -0.3 is 19.9 Å². The second kappa shape index (κ2) is 8.14. The molecule has 0 spiro atoms. The minimum atomic E-state index is -0.436. The maximum absolute atomic E-state index is 13.9. The van der Waals surface area contributed by atoms with Gasteiger partial charge in [0.05, 0.1) is 17.7 Å². The number of ether oxygens (including phenoxy) is 1. The van der Waals surface area contributed by atoms with E-state index in [-0.39, 0.29) is 24.1 Å². The van der Waals surface area contributed by atoms with E-state index < -0.39 is 5.41 Å². The van der Waals surface area contributed by atoms with Crippen molar-refractivity contribution in [2.24, 2.45) is 5.41 Å². The number of benzene rings is 1. The molecule has 3 rings (SSSR count). The van der Waals surface area contributed by atoms with E-state index in [1.54, 1.807) is 19.2 Å². The number of carbonyl (C=O) groups is 1. The van der Waals surface area contributed by atoms with Crippen molar-refractivity contribution < 1.29 is 13.9 Å². The molecule has 134 valence electrons. The molecule has 2 fully saturated rings. The molecule has 0 radical (unpaired) electrons. The molecule has 0 bridgehead atoms. The lowest BCUT2D eigenvalue weighted by molar-refractivity contribution is -0.144. The van der Waals surface area contributed by atoms with Gasteiger partial charge in [0.2, 0.25) is 5.91 Å². The summed E-state index contributed by atoms with van der Waals surface area (Å²) in [6.45, 7) is 4.54. The highest BCUT2D eigenvalue weighted by atomic mass is 35.5. The van der Waals surface area contributed by atoms with Gasteiger partial charge in [0.15, 0.2) is 0 Å². The van der Waals surface area contributed by atoms with Crippen molar-refractivity contribution in [2.45, 2.75) is 6.42 Å². The van der Waals surface area contributed by atoms with Crippen LogP contribution in [-0.4, -0.2) is 63.8 Å². The second-order valence-electron chi connectivity index (χ2n) is 6.37. The van der Waals surface area contributed by atoms with Gasteiger partial charge in [-0.1, -0.05) is 12.1 Å². The molecular weight excluding hydrogens is 333 g/mol. The lowest BCUT2D eigenvalue weighted by atomic mass is 9.86. The molecule has 2 aliphatic heterocycles. The lowest BCUT2D eigenvalue weighted by Crippen LogP contribution is -2.55. The van der Waals surface area contributed by atoms with Crippen molar-refractivity contribution in [3.8, 4) is 0 Å². The number of nitrogens with one attached hydrogen (secondary N) is 1. The van der Waals surface area contributed by atoms with Crippen molar-refractivity contribution in [3.05, 3.63) is 30.1 Å². The zero-order valence-corrected chi connectivity index (χ0v) is 14.8. The molecular formula is C17H25ClFN3O2. The SMILES string of the molecule is COCC1(C(=O)N2CCN(c3ccccc3F)CC2)CCNC1.Cl. The van der Waals surface area contributed by atoms with E-state index in [2.05, 4.69) is 5.32 Å². The standard InChI is InChI=1S/C17H24FN3O2.ClH/c1-23-13-17(6-7-19-12-17)16(22)21-10-8-20(9-11-21)15-5-3-2-4-14(15)18;/h2-5,19H,6-13H2,1H3;1H. The van der Waals surface area contributed by atoms with Crippen LogP contribution < -0.4 is 10.2 Å². The van der Waals surface area contributed by atoms with Crippen molar-refractivity contribution >= 4 is 24.0 Å². The zero-order valence-electron chi connectivity index (χ0n) is 14.0. The molecule has 24 heavy (non-hydrogen) atoms. The summed E-state index contributed by atoms with van der Waals surface area (Å²) in [6.07, 6.45) is 0.813. The molecule has 5 nitrogen and oxygen atoms in total. The van der Waals surface area contributed by atoms with Crippen LogP contribution in [0.4, 0.5) is 10.1 Å². The molecule has 7 heteroatoms. The molecule has 1 unspecified atom stereocenters.